The third-order valence-corrected chi connectivity index (χ3v) is 3.72. The quantitative estimate of drug-likeness (QED) is 0.473. The van der Waals surface area contributed by atoms with Crippen LogP contribution in [0, 0.1) is 0 Å². The van der Waals surface area contributed by atoms with Gasteiger partial charge in [-0.3, -0.25) is 4.52 Å². The minimum absolute atomic E-state index is 0.254. The Morgan fingerprint density at radius 3 is 2.38 bits per heavy atom. The highest BCUT2D eigenvalue weighted by molar-refractivity contribution is 7.48. The summed E-state index contributed by atoms with van der Waals surface area (Å²) in [7, 11) is -4.04. The van der Waals surface area contributed by atoms with E-state index in [0.717, 1.165) is 19.3 Å². The summed E-state index contributed by atoms with van der Waals surface area (Å²) >= 11 is 4.86. The van der Waals surface area contributed by atoms with Crippen LogP contribution in [-0.2, 0) is 13.2 Å². The van der Waals surface area contributed by atoms with Crippen molar-refractivity contribution >= 4 is 19.7 Å². The molecule has 0 heterocycles. The molecule has 0 aliphatic rings. The van der Waals surface area contributed by atoms with E-state index in [9.17, 15) is 4.57 Å². The molecule has 0 aromatic carbocycles. The van der Waals surface area contributed by atoms with E-state index in [1.165, 1.54) is 19.3 Å². The Balaban J connectivity index is 3.71. The predicted molar refractivity (Wildman–Crippen MR) is 65.3 cm³/mol. The van der Waals surface area contributed by atoms with Crippen LogP contribution in [0.3, 0.4) is 0 Å². The Hall–Kier alpha value is 0.400. The lowest BCUT2D eigenvalue weighted by molar-refractivity contribution is 0.128. The van der Waals surface area contributed by atoms with E-state index in [1.54, 1.807) is 0 Å². The van der Waals surface area contributed by atoms with Crippen molar-refractivity contribution < 1.29 is 18.1 Å². The van der Waals surface area contributed by atoms with Crippen LogP contribution in [0.4, 0.5) is 0 Å². The SMILES string of the molecule is CCCCCCCC(CC)OP(=O)(O)OCl. The third-order valence-electron chi connectivity index (χ3n) is 2.45. The van der Waals surface area contributed by atoms with Gasteiger partial charge in [0, 0.05) is 0 Å². The first-order valence-corrected chi connectivity index (χ1v) is 7.67. The highest BCUT2D eigenvalue weighted by atomic mass is 35.5. The maximum atomic E-state index is 11.1. The normalized spacial score (nSPS) is 17.0. The van der Waals surface area contributed by atoms with Crippen molar-refractivity contribution in [2.24, 2.45) is 0 Å². The molecule has 0 aromatic heterocycles. The Labute approximate surface area is 103 Å². The van der Waals surface area contributed by atoms with Gasteiger partial charge >= 0.3 is 7.82 Å². The molecule has 6 heteroatoms. The van der Waals surface area contributed by atoms with Crippen LogP contribution in [0.5, 0.6) is 0 Å². The second kappa shape index (κ2) is 9.43. The van der Waals surface area contributed by atoms with Gasteiger partial charge in [0.2, 0.25) is 0 Å². The first kappa shape index (κ1) is 16.4. The minimum Gasteiger partial charge on any atom is -0.302 e. The maximum Gasteiger partial charge on any atom is 0.489 e. The highest BCUT2D eigenvalue weighted by Crippen LogP contribution is 2.46. The van der Waals surface area contributed by atoms with Crippen molar-refractivity contribution in [1.82, 2.24) is 0 Å². The number of unbranched alkanes of at least 4 members (excludes halogenated alkanes) is 4. The van der Waals surface area contributed by atoms with Gasteiger partial charge in [-0.15, -0.1) is 0 Å². The van der Waals surface area contributed by atoms with Gasteiger partial charge in [-0.05, 0) is 12.8 Å². The zero-order valence-electron chi connectivity index (χ0n) is 10.0. The van der Waals surface area contributed by atoms with Crippen molar-refractivity contribution in [2.75, 3.05) is 0 Å². The van der Waals surface area contributed by atoms with Crippen molar-refractivity contribution in [3.05, 3.63) is 0 Å². The van der Waals surface area contributed by atoms with Gasteiger partial charge in [0.05, 0.1) is 18.0 Å². The van der Waals surface area contributed by atoms with E-state index in [1.807, 2.05) is 6.92 Å². The highest BCUT2D eigenvalue weighted by Gasteiger charge is 2.25. The molecule has 0 aromatic rings. The monoisotopic (exact) mass is 272 g/mol. The average molecular weight is 273 g/mol. The van der Waals surface area contributed by atoms with E-state index in [0.29, 0.717) is 6.42 Å². The molecule has 0 spiro atoms. The van der Waals surface area contributed by atoms with E-state index >= 15 is 0 Å². The molecule has 4 nitrogen and oxygen atoms in total. The number of hydrogen-bond donors (Lipinski definition) is 1. The largest absolute Gasteiger partial charge is 0.489 e. The molecule has 0 amide bonds. The van der Waals surface area contributed by atoms with Gasteiger partial charge in [0.15, 0.2) is 0 Å². The van der Waals surface area contributed by atoms with Gasteiger partial charge in [-0.25, -0.2) is 4.57 Å². The Morgan fingerprint density at radius 2 is 1.88 bits per heavy atom. The Bertz CT molecular complexity index is 213. The van der Waals surface area contributed by atoms with Crippen LogP contribution in [0.25, 0.3) is 0 Å². The molecule has 0 saturated heterocycles. The van der Waals surface area contributed by atoms with Crippen molar-refractivity contribution in [3.63, 3.8) is 0 Å². The minimum atomic E-state index is -4.04. The summed E-state index contributed by atoms with van der Waals surface area (Å²) in [6, 6.07) is 0. The lowest BCUT2D eigenvalue weighted by Crippen LogP contribution is -2.10. The third kappa shape index (κ3) is 8.54. The van der Waals surface area contributed by atoms with Gasteiger partial charge < -0.3 is 4.89 Å². The fourth-order valence-electron chi connectivity index (χ4n) is 1.51. The molecule has 0 radical (unpaired) electrons. The molecule has 2 atom stereocenters. The molecular formula is C10H22ClO4P. The van der Waals surface area contributed by atoms with E-state index in [-0.39, 0.29) is 6.10 Å². The van der Waals surface area contributed by atoms with Gasteiger partial charge in [0.25, 0.3) is 0 Å². The molecule has 0 fully saturated rings. The molecular weight excluding hydrogens is 251 g/mol. The zero-order chi connectivity index (χ0) is 12.4. The molecule has 0 rings (SSSR count). The molecule has 0 aliphatic carbocycles. The summed E-state index contributed by atoms with van der Waals surface area (Å²) in [5, 5.41) is 0. The maximum absolute atomic E-state index is 11.1. The fourth-order valence-corrected chi connectivity index (χ4v) is 2.27. The zero-order valence-corrected chi connectivity index (χ0v) is 11.7. The summed E-state index contributed by atoms with van der Waals surface area (Å²) in [4.78, 5) is 9.04. The van der Waals surface area contributed by atoms with E-state index in [4.69, 9.17) is 21.3 Å². The summed E-state index contributed by atoms with van der Waals surface area (Å²) in [5.41, 5.74) is 0. The molecule has 16 heavy (non-hydrogen) atoms. The first-order chi connectivity index (χ1) is 7.55. The summed E-state index contributed by atoms with van der Waals surface area (Å²) in [5.74, 6) is 0. The molecule has 1 N–H and O–H groups in total. The Kier molecular flexibility index (Phi) is 9.67. The van der Waals surface area contributed by atoms with Crippen molar-refractivity contribution in [3.8, 4) is 0 Å². The van der Waals surface area contributed by atoms with E-state index in [2.05, 4.69) is 11.0 Å². The second-order valence-electron chi connectivity index (χ2n) is 3.88. The Morgan fingerprint density at radius 1 is 1.25 bits per heavy atom. The number of phosphoric ester groups is 1. The summed E-state index contributed by atoms with van der Waals surface area (Å²) in [6.45, 7) is 4.07. The van der Waals surface area contributed by atoms with Crippen LogP contribution >= 0.6 is 19.7 Å². The summed E-state index contributed by atoms with van der Waals surface area (Å²) in [6.07, 6.45) is 6.97. The molecule has 0 bridgehead atoms. The topological polar surface area (TPSA) is 55.8 Å². The lowest BCUT2D eigenvalue weighted by atomic mass is 10.1. The molecule has 2 unspecified atom stereocenters. The number of halogens is 1. The number of rotatable bonds is 10. The molecule has 98 valence electrons. The lowest BCUT2D eigenvalue weighted by Gasteiger charge is -2.17. The number of hydrogen-bond acceptors (Lipinski definition) is 3. The van der Waals surface area contributed by atoms with Crippen LogP contribution in [0.2, 0.25) is 0 Å². The predicted octanol–water partition coefficient (Wildman–Crippen LogP) is 4.41. The average Bonchev–Trinajstić information content (AvgIpc) is 2.27. The van der Waals surface area contributed by atoms with Gasteiger partial charge in [-0.2, -0.15) is 4.08 Å². The van der Waals surface area contributed by atoms with Crippen LogP contribution in [0.15, 0.2) is 0 Å². The number of phosphoric acid groups is 1. The smallest absolute Gasteiger partial charge is 0.302 e. The van der Waals surface area contributed by atoms with Crippen LogP contribution < -0.4 is 0 Å². The van der Waals surface area contributed by atoms with Crippen LogP contribution in [0.1, 0.15) is 58.8 Å². The molecule has 0 saturated carbocycles. The van der Waals surface area contributed by atoms with Gasteiger partial charge in [-0.1, -0.05) is 46.0 Å². The van der Waals surface area contributed by atoms with E-state index < -0.39 is 7.82 Å². The fraction of sp³-hybridized carbons (Fsp3) is 1.00. The standard InChI is InChI=1S/C10H22ClO4P/c1-3-5-6-7-8-9-10(4-2)14-16(12,13)15-11/h10H,3-9H2,1-2H3,(H,12,13). The molecule has 0 aliphatic heterocycles. The van der Waals surface area contributed by atoms with Crippen molar-refractivity contribution in [2.45, 2.75) is 64.9 Å². The second-order valence-corrected chi connectivity index (χ2v) is 5.58. The van der Waals surface area contributed by atoms with Crippen LogP contribution in [-0.4, -0.2) is 11.0 Å². The van der Waals surface area contributed by atoms with Crippen molar-refractivity contribution in [1.29, 1.82) is 0 Å². The first-order valence-electron chi connectivity index (χ1n) is 5.87. The summed E-state index contributed by atoms with van der Waals surface area (Å²) < 4.78 is 19.8. The van der Waals surface area contributed by atoms with Gasteiger partial charge in [0.1, 0.15) is 0 Å².